The average molecular weight is 298 g/mol. The molecule has 5 nitrogen and oxygen atoms in total. The summed E-state index contributed by atoms with van der Waals surface area (Å²) in [4.78, 5) is 15.3. The Labute approximate surface area is 129 Å². The fourth-order valence-electron chi connectivity index (χ4n) is 2.74. The number of hydrogen-bond donors (Lipinski definition) is 1. The molecule has 114 valence electrons. The smallest absolute Gasteiger partial charge is 0.250 e. The van der Waals surface area contributed by atoms with E-state index in [-0.39, 0.29) is 0 Å². The number of rotatable bonds is 4. The average Bonchev–Trinajstić information content (AvgIpc) is 2.54. The van der Waals surface area contributed by atoms with Crippen molar-refractivity contribution < 1.29 is 14.3 Å². The van der Waals surface area contributed by atoms with Crippen molar-refractivity contribution in [3.05, 3.63) is 53.3 Å². The number of nitrogens with two attached hydrogens (primary N) is 1. The molecule has 2 aromatic rings. The Kier molecular flexibility index (Phi) is 3.96. The minimum atomic E-state index is -0.452. The summed E-state index contributed by atoms with van der Waals surface area (Å²) in [5.74, 6) is 1.59. The molecular formula is C17H18N2O3. The SMILES string of the molecule is COc1ccc2c(c1)OC[C@@H](Cc1cncc(C(N)=O)c1)C2. The van der Waals surface area contributed by atoms with Crippen LogP contribution in [0.25, 0.3) is 0 Å². The lowest BCUT2D eigenvalue weighted by molar-refractivity contribution is 0.1000. The molecule has 0 bridgehead atoms. The highest BCUT2D eigenvalue weighted by molar-refractivity contribution is 5.92. The van der Waals surface area contributed by atoms with E-state index >= 15 is 0 Å². The fraction of sp³-hybridized carbons (Fsp3) is 0.294. The van der Waals surface area contributed by atoms with Crippen LogP contribution < -0.4 is 15.2 Å². The van der Waals surface area contributed by atoms with Crippen LogP contribution in [0.4, 0.5) is 0 Å². The number of benzene rings is 1. The van der Waals surface area contributed by atoms with Crippen LogP contribution in [-0.4, -0.2) is 24.6 Å². The van der Waals surface area contributed by atoms with Crippen molar-refractivity contribution in [2.75, 3.05) is 13.7 Å². The van der Waals surface area contributed by atoms with E-state index in [2.05, 4.69) is 4.98 Å². The van der Waals surface area contributed by atoms with Crippen molar-refractivity contribution in [3.8, 4) is 11.5 Å². The summed E-state index contributed by atoms with van der Waals surface area (Å²) in [5, 5.41) is 0. The highest BCUT2D eigenvalue weighted by Crippen LogP contribution is 2.32. The van der Waals surface area contributed by atoms with Gasteiger partial charge in [-0.3, -0.25) is 9.78 Å². The monoisotopic (exact) mass is 298 g/mol. The van der Waals surface area contributed by atoms with Gasteiger partial charge in [0, 0.05) is 24.4 Å². The number of amides is 1. The van der Waals surface area contributed by atoms with E-state index < -0.39 is 5.91 Å². The molecule has 0 aliphatic carbocycles. The van der Waals surface area contributed by atoms with Crippen LogP contribution in [0.5, 0.6) is 11.5 Å². The number of primary amides is 1. The summed E-state index contributed by atoms with van der Waals surface area (Å²) >= 11 is 0. The van der Waals surface area contributed by atoms with Crippen LogP contribution in [0, 0.1) is 5.92 Å². The summed E-state index contributed by atoms with van der Waals surface area (Å²) in [6, 6.07) is 7.71. The van der Waals surface area contributed by atoms with E-state index in [4.69, 9.17) is 15.2 Å². The Morgan fingerprint density at radius 1 is 1.41 bits per heavy atom. The second-order valence-electron chi connectivity index (χ2n) is 5.51. The van der Waals surface area contributed by atoms with Crippen LogP contribution in [0.3, 0.4) is 0 Å². The van der Waals surface area contributed by atoms with Gasteiger partial charge >= 0.3 is 0 Å². The quantitative estimate of drug-likeness (QED) is 0.936. The minimum Gasteiger partial charge on any atom is -0.497 e. The van der Waals surface area contributed by atoms with Gasteiger partial charge in [-0.2, -0.15) is 0 Å². The van der Waals surface area contributed by atoms with Crippen LogP contribution in [-0.2, 0) is 12.8 Å². The number of hydrogen-bond acceptors (Lipinski definition) is 4. The number of aromatic nitrogens is 1. The normalized spacial score (nSPS) is 16.5. The van der Waals surface area contributed by atoms with Gasteiger partial charge in [-0.15, -0.1) is 0 Å². The predicted molar refractivity (Wildman–Crippen MR) is 82.1 cm³/mol. The molecule has 0 spiro atoms. The number of nitrogens with zero attached hydrogens (tertiary/aromatic N) is 1. The molecule has 2 heterocycles. The predicted octanol–water partition coefficient (Wildman–Crippen LogP) is 1.98. The molecule has 0 radical (unpaired) electrons. The molecule has 0 fully saturated rings. The molecule has 1 aromatic carbocycles. The molecule has 0 unspecified atom stereocenters. The molecule has 1 atom stereocenters. The Morgan fingerprint density at radius 3 is 3.05 bits per heavy atom. The third kappa shape index (κ3) is 3.03. The number of carbonyl (C=O) groups is 1. The molecule has 0 saturated heterocycles. The van der Waals surface area contributed by atoms with E-state index in [0.717, 1.165) is 29.9 Å². The van der Waals surface area contributed by atoms with Gasteiger partial charge < -0.3 is 15.2 Å². The van der Waals surface area contributed by atoms with Crippen molar-refractivity contribution in [2.45, 2.75) is 12.8 Å². The van der Waals surface area contributed by atoms with Crippen LogP contribution in [0.2, 0.25) is 0 Å². The van der Waals surface area contributed by atoms with Gasteiger partial charge in [0.05, 0.1) is 19.3 Å². The van der Waals surface area contributed by atoms with Gasteiger partial charge in [0.25, 0.3) is 0 Å². The first-order valence-corrected chi connectivity index (χ1v) is 7.19. The molecular weight excluding hydrogens is 280 g/mol. The second kappa shape index (κ2) is 6.05. The third-order valence-electron chi connectivity index (χ3n) is 3.86. The summed E-state index contributed by atoms with van der Waals surface area (Å²) in [6.45, 7) is 0.640. The molecule has 3 rings (SSSR count). The number of ether oxygens (including phenoxy) is 2. The van der Waals surface area contributed by atoms with E-state index in [1.807, 2.05) is 18.2 Å². The van der Waals surface area contributed by atoms with Crippen LogP contribution >= 0.6 is 0 Å². The first-order chi connectivity index (χ1) is 10.7. The Morgan fingerprint density at radius 2 is 2.27 bits per heavy atom. The number of fused-ring (bicyclic) bond motifs is 1. The Bertz CT molecular complexity index is 700. The van der Waals surface area contributed by atoms with Crippen LogP contribution in [0.15, 0.2) is 36.7 Å². The van der Waals surface area contributed by atoms with Gasteiger partial charge in [0.15, 0.2) is 0 Å². The number of pyridine rings is 1. The van der Waals surface area contributed by atoms with Gasteiger partial charge in [-0.1, -0.05) is 6.07 Å². The first-order valence-electron chi connectivity index (χ1n) is 7.19. The van der Waals surface area contributed by atoms with Gasteiger partial charge in [0.2, 0.25) is 5.91 Å². The van der Waals surface area contributed by atoms with E-state index in [9.17, 15) is 4.79 Å². The maximum atomic E-state index is 11.2. The molecule has 5 heteroatoms. The molecule has 1 aliphatic heterocycles. The fourth-order valence-corrected chi connectivity index (χ4v) is 2.74. The maximum absolute atomic E-state index is 11.2. The van der Waals surface area contributed by atoms with E-state index in [1.165, 1.54) is 11.8 Å². The molecule has 1 amide bonds. The van der Waals surface area contributed by atoms with E-state index in [1.54, 1.807) is 19.4 Å². The number of methoxy groups -OCH3 is 1. The highest BCUT2D eigenvalue weighted by Gasteiger charge is 2.21. The zero-order valence-electron chi connectivity index (χ0n) is 12.4. The molecule has 0 saturated carbocycles. The van der Waals surface area contributed by atoms with Crippen LogP contribution in [0.1, 0.15) is 21.5 Å². The summed E-state index contributed by atoms with van der Waals surface area (Å²) in [5.41, 5.74) is 7.91. The third-order valence-corrected chi connectivity index (χ3v) is 3.86. The maximum Gasteiger partial charge on any atom is 0.250 e. The molecule has 2 N–H and O–H groups in total. The van der Waals surface area contributed by atoms with Crippen molar-refractivity contribution >= 4 is 5.91 Å². The van der Waals surface area contributed by atoms with Crippen molar-refractivity contribution in [1.29, 1.82) is 0 Å². The van der Waals surface area contributed by atoms with Crippen molar-refractivity contribution in [1.82, 2.24) is 4.98 Å². The molecule has 1 aromatic heterocycles. The lowest BCUT2D eigenvalue weighted by Gasteiger charge is -2.25. The highest BCUT2D eigenvalue weighted by atomic mass is 16.5. The minimum absolute atomic E-state index is 0.353. The largest absolute Gasteiger partial charge is 0.497 e. The van der Waals surface area contributed by atoms with Gasteiger partial charge in [0.1, 0.15) is 11.5 Å². The van der Waals surface area contributed by atoms with Gasteiger partial charge in [-0.05, 0) is 36.1 Å². The number of carbonyl (C=O) groups excluding carboxylic acids is 1. The summed E-state index contributed by atoms with van der Waals surface area (Å²) in [6.07, 6.45) is 5.00. The summed E-state index contributed by atoms with van der Waals surface area (Å²) < 4.78 is 11.0. The lowest BCUT2D eigenvalue weighted by Crippen LogP contribution is -2.23. The topological polar surface area (TPSA) is 74.4 Å². The Balaban J connectivity index is 1.72. The van der Waals surface area contributed by atoms with Gasteiger partial charge in [-0.25, -0.2) is 0 Å². The van der Waals surface area contributed by atoms with E-state index in [0.29, 0.717) is 18.1 Å². The van der Waals surface area contributed by atoms with Crippen molar-refractivity contribution in [2.24, 2.45) is 11.7 Å². The first kappa shape index (κ1) is 14.4. The van der Waals surface area contributed by atoms with Crippen molar-refractivity contribution in [3.63, 3.8) is 0 Å². The molecule has 22 heavy (non-hydrogen) atoms. The zero-order valence-corrected chi connectivity index (χ0v) is 12.4. The standard InChI is InChI=1S/C17H18N2O3/c1-21-15-3-2-13-6-12(10-22-16(13)7-15)4-11-5-14(17(18)20)9-19-8-11/h2-3,5,7-9,12H,4,6,10H2,1H3,(H2,18,20)/t12-/m0/s1. The molecule has 1 aliphatic rings. The lowest BCUT2D eigenvalue weighted by atomic mass is 9.91. The zero-order chi connectivity index (χ0) is 15.5. The summed E-state index contributed by atoms with van der Waals surface area (Å²) in [7, 11) is 1.64. The Hall–Kier alpha value is -2.56. The second-order valence-corrected chi connectivity index (χ2v) is 5.51.